The maximum absolute atomic E-state index is 11.4. The maximum Gasteiger partial charge on any atom is 0.151 e. The van der Waals surface area contributed by atoms with Crippen LogP contribution >= 0.6 is 0 Å². The van der Waals surface area contributed by atoms with Gasteiger partial charge in [0.05, 0.1) is 24.7 Å². The van der Waals surface area contributed by atoms with Gasteiger partial charge in [0.25, 0.3) is 0 Å². The van der Waals surface area contributed by atoms with Gasteiger partial charge < -0.3 is 14.8 Å². The molecule has 0 saturated carbocycles. The third-order valence-electron chi connectivity index (χ3n) is 3.68. The van der Waals surface area contributed by atoms with Crippen LogP contribution in [0.15, 0.2) is 0 Å². The molecule has 0 radical (unpaired) electrons. The molecule has 1 N–H and O–H groups in total. The summed E-state index contributed by atoms with van der Waals surface area (Å²) in [5, 5.41) is 3.34. The number of hydrogen-bond donors (Lipinski definition) is 1. The van der Waals surface area contributed by atoms with Gasteiger partial charge in [-0.05, 0) is 13.3 Å². The number of nitrogens with zero attached hydrogens (tertiary/aromatic N) is 1. The van der Waals surface area contributed by atoms with Crippen LogP contribution in [0.5, 0.6) is 0 Å². The lowest BCUT2D eigenvalue weighted by atomic mass is 10.2. The maximum atomic E-state index is 11.4. The topological polar surface area (TPSA) is 67.9 Å². The smallest absolute Gasteiger partial charge is 0.151 e. The third kappa shape index (κ3) is 6.49. The number of rotatable bonds is 10. The average molecular weight is 308 g/mol. The Morgan fingerprint density at radius 2 is 2.05 bits per heavy atom. The second-order valence-electron chi connectivity index (χ2n) is 5.39. The summed E-state index contributed by atoms with van der Waals surface area (Å²) < 4.78 is 33.1. The Morgan fingerprint density at radius 1 is 1.30 bits per heavy atom. The van der Waals surface area contributed by atoms with E-state index in [9.17, 15) is 8.42 Å². The third-order valence-corrected chi connectivity index (χ3v) is 5.45. The molecule has 1 saturated heterocycles. The Labute approximate surface area is 122 Å². The average Bonchev–Trinajstić information content (AvgIpc) is 2.73. The highest BCUT2D eigenvalue weighted by molar-refractivity contribution is 7.91. The van der Waals surface area contributed by atoms with Crippen molar-refractivity contribution in [2.45, 2.75) is 25.4 Å². The van der Waals surface area contributed by atoms with Crippen LogP contribution in [0.2, 0.25) is 0 Å². The van der Waals surface area contributed by atoms with E-state index in [1.165, 1.54) is 0 Å². The Bertz CT molecular complexity index is 361. The van der Waals surface area contributed by atoms with Crippen LogP contribution in [-0.4, -0.2) is 84.0 Å². The van der Waals surface area contributed by atoms with E-state index in [0.29, 0.717) is 25.0 Å². The second-order valence-corrected chi connectivity index (χ2v) is 7.62. The quantitative estimate of drug-likeness (QED) is 0.600. The van der Waals surface area contributed by atoms with Gasteiger partial charge in [0, 0.05) is 45.9 Å². The van der Waals surface area contributed by atoms with E-state index in [2.05, 4.69) is 17.1 Å². The molecule has 1 fully saturated rings. The summed E-state index contributed by atoms with van der Waals surface area (Å²) in [5.74, 6) is 0.594. The van der Waals surface area contributed by atoms with Crippen molar-refractivity contribution in [2.24, 2.45) is 0 Å². The first-order valence-electron chi connectivity index (χ1n) is 7.14. The molecular weight excluding hydrogens is 280 g/mol. The van der Waals surface area contributed by atoms with Gasteiger partial charge in [0.2, 0.25) is 0 Å². The molecule has 1 heterocycles. The lowest BCUT2D eigenvalue weighted by Gasteiger charge is -2.29. The highest BCUT2D eigenvalue weighted by Gasteiger charge is 2.27. The van der Waals surface area contributed by atoms with E-state index in [-0.39, 0.29) is 11.8 Å². The largest absolute Gasteiger partial charge is 0.383 e. The Morgan fingerprint density at radius 3 is 2.60 bits per heavy atom. The van der Waals surface area contributed by atoms with E-state index < -0.39 is 9.84 Å². The molecule has 2 atom stereocenters. The monoisotopic (exact) mass is 308 g/mol. The van der Waals surface area contributed by atoms with Gasteiger partial charge in [-0.15, -0.1) is 0 Å². The van der Waals surface area contributed by atoms with Crippen molar-refractivity contribution in [1.29, 1.82) is 0 Å². The molecule has 0 amide bonds. The first-order valence-corrected chi connectivity index (χ1v) is 8.96. The molecule has 0 spiro atoms. The van der Waals surface area contributed by atoms with Gasteiger partial charge in [-0.1, -0.05) is 0 Å². The van der Waals surface area contributed by atoms with Gasteiger partial charge in [0.15, 0.2) is 9.84 Å². The van der Waals surface area contributed by atoms with Crippen molar-refractivity contribution in [3.05, 3.63) is 0 Å². The standard InChI is InChI=1S/C13H28N2O4S/c1-12(10-19-3)15(7-8-18-2)6-5-14-13-4-9-20(16,17)11-13/h12-14H,4-11H2,1-3H3. The highest BCUT2D eigenvalue weighted by atomic mass is 32.2. The van der Waals surface area contributed by atoms with Crippen molar-refractivity contribution in [1.82, 2.24) is 10.2 Å². The predicted molar refractivity (Wildman–Crippen MR) is 79.8 cm³/mol. The molecule has 0 bridgehead atoms. The predicted octanol–water partition coefficient (Wildman–Crippen LogP) is -0.254. The van der Waals surface area contributed by atoms with Crippen molar-refractivity contribution >= 4 is 9.84 Å². The number of methoxy groups -OCH3 is 2. The zero-order valence-corrected chi connectivity index (χ0v) is 13.6. The van der Waals surface area contributed by atoms with E-state index in [1.54, 1.807) is 14.2 Å². The fraction of sp³-hybridized carbons (Fsp3) is 1.00. The van der Waals surface area contributed by atoms with Crippen LogP contribution in [0.25, 0.3) is 0 Å². The van der Waals surface area contributed by atoms with Crippen molar-refractivity contribution in [2.75, 3.05) is 58.6 Å². The fourth-order valence-electron chi connectivity index (χ4n) is 2.48. The molecule has 6 nitrogen and oxygen atoms in total. The molecule has 0 aliphatic carbocycles. The van der Waals surface area contributed by atoms with Gasteiger partial charge >= 0.3 is 0 Å². The van der Waals surface area contributed by atoms with Crippen LogP contribution in [0, 0.1) is 0 Å². The molecule has 0 aromatic carbocycles. The lowest BCUT2D eigenvalue weighted by molar-refractivity contribution is 0.0753. The SMILES string of the molecule is COCCN(CCNC1CCS(=O)(=O)C1)C(C)COC. The van der Waals surface area contributed by atoms with Gasteiger partial charge in [-0.25, -0.2) is 8.42 Å². The van der Waals surface area contributed by atoms with Crippen LogP contribution in [0.4, 0.5) is 0 Å². The minimum absolute atomic E-state index is 0.113. The summed E-state index contributed by atoms with van der Waals surface area (Å²) in [7, 11) is 0.595. The zero-order valence-electron chi connectivity index (χ0n) is 12.8. The first kappa shape index (κ1) is 17.8. The molecule has 1 aliphatic rings. The number of ether oxygens (including phenoxy) is 2. The van der Waals surface area contributed by atoms with Crippen LogP contribution in [0.1, 0.15) is 13.3 Å². The molecular formula is C13H28N2O4S. The number of sulfone groups is 1. The molecule has 7 heteroatoms. The normalized spacial score (nSPS) is 23.3. The van der Waals surface area contributed by atoms with Crippen LogP contribution in [-0.2, 0) is 19.3 Å². The lowest BCUT2D eigenvalue weighted by Crippen LogP contribution is -2.44. The summed E-state index contributed by atoms with van der Waals surface area (Å²) in [6.07, 6.45) is 0.730. The Balaban J connectivity index is 2.30. The first-order chi connectivity index (χ1) is 9.48. The van der Waals surface area contributed by atoms with Crippen LogP contribution < -0.4 is 5.32 Å². The Kier molecular flexibility index (Phi) is 7.98. The van der Waals surface area contributed by atoms with E-state index in [1.807, 2.05) is 0 Å². The number of nitrogens with one attached hydrogen (secondary N) is 1. The molecule has 20 heavy (non-hydrogen) atoms. The van der Waals surface area contributed by atoms with Crippen molar-refractivity contribution in [3.8, 4) is 0 Å². The summed E-state index contributed by atoms with van der Waals surface area (Å²) in [4.78, 5) is 2.30. The van der Waals surface area contributed by atoms with Crippen molar-refractivity contribution < 1.29 is 17.9 Å². The summed E-state index contributed by atoms with van der Waals surface area (Å²) in [5.41, 5.74) is 0. The zero-order chi connectivity index (χ0) is 15.0. The Hall–Kier alpha value is -0.210. The van der Waals surface area contributed by atoms with E-state index in [4.69, 9.17) is 9.47 Å². The minimum Gasteiger partial charge on any atom is -0.383 e. The molecule has 1 rings (SSSR count). The van der Waals surface area contributed by atoms with Crippen molar-refractivity contribution in [3.63, 3.8) is 0 Å². The van der Waals surface area contributed by atoms with Gasteiger partial charge in [-0.2, -0.15) is 0 Å². The highest BCUT2D eigenvalue weighted by Crippen LogP contribution is 2.11. The van der Waals surface area contributed by atoms with Gasteiger partial charge in [-0.3, -0.25) is 4.90 Å². The molecule has 0 aromatic rings. The second kappa shape index (κ2) is 8.94. The van der Waals surface area contributed by atoms with Gasteiger partial charge in [0.1, 0.15) is 0 Å². The minimum atomic E-state index is -2.80. The fourth-order valence-corrected chi connectivity index (χ4v) is 4.18. The molecule has 2 unspecified atom stereocenters. The summed E-state index contributed by atoms with van der Waals surface area (Å²) in [6, 6.07) is 0.436. The summed E-state index contributed by atoms with van der Waals surface area (Å²) in [6.45, 7) is 6.00. The molecule has 1 aliphatic heterocycles. The number of hydrogen-bond acceptors (Lipinski definition) is 6. The molecule has 120 valence electrons. The van der Waals surface area contributed by atoms with E-state index >= 15 is 0 Å². The van der Waals surface area contributed by atoms with Crippen LogP contribution in [0.3, 0.4) is 0 Å². The van der Waals surface area contributed by atoms with E-state index in [0.717, 1.165) is 26.1 Å². The summed E-state index contributed by atoms with van der Waals surface area (Å²) >= 11 is 0. The molecule has 0 aromatic heterocycles.